The van der Waals surface area contributed by atoms with Gasteiger partial charge in [-0.15, -0.1) is 0 Å². The van der Waals surface area contributed by atoms with Crippen molar-refractivity contribution in [1.82, 2.24) is 0 Å². The fourth-order valence-corrected chi connectivity index (χ4v) is 7.81. The van der Waals surface area contributed by atoms with Crippen molar-refractivity contribution in [3.8, 4) is 0 Å². The Morgan fingerprint density at radius 1 is 1.05 bits per heavy atom. The summed E-state index contributed by atoms with van der Waals surface area (Å²) in [6.45, 7) is 12.7. The third-order valence-electron chi connectivity index (χ3n) is 10.2. The maximum Gasteiger partial charge on any atom is 0.420 e. The van der Waals surface area contributed by atoms with Crippen molar-refractivity contribution >= 4 is 0 Å². The van der Waals surface area contributed by atoms with E-state index in [-0.39, 0.29) is 23.2 Å². The van der Waals surface area contributed by atoms with E-state index in [1.807, 2.05) is 6.08 Å². The summed E-state index contributed by atoms with van der Waals surface area (Å²) in [6, 6.07) is 0. The summed E-state index contributed by atoms with van der Waals surface area (Å²) >= 11 is 0. The van der Waals surface area contributed by atoms with Gasteiger partial charge in [0.05, 0.1) is 11.7 Å². The van der Waals surface area contributed by atoms with Crippen LogP contribution in [0.3, 0.4) is 0 Å². The minimum absolute atomic E-state index is 0.0435. The minimum atomic E-state index is -4.75. The molecule has 3 aliphatic rings. The SMILES string of the molecule is C=C1/C(=C\C=C2/CCC[C@@]3(C)C2CC[C@@H]3[C@@](C)(C/C=C\C(C)(O)C(F)(F)F)CCCC(C)(C)O)C[C@@H](O)C[C@@H]1F. The number of halogens is 4. The first-order chi connectivity index (χ1) is 18.3. The van der Waals surface area contributed by atoms with Crippen molar-refractivity contribution in [2.24, 2.45) is 22.7 Å². The Hall–Kier alpha value is -1.44. The molecule has 3 nitrogen and oxygen atoms in total. The van der Waals surface area contributed by atoms with E-state index < -0.39 is 29.7 Å². The molecule has 0 heterocycles. The molecule has 228 valence electrons. The Morgan fingerprint density at radius 3 is 2.35 bits per heavy atom. The zero-order valence-corrected chi connectivity index (χ0v) is 25.0. The summed E-state index contributed by atoms with van der Waals surface area (Å²) in [5, 5.41) is 30.4. The number of aliphatic hydroxyl groups excluding tert-OH is 1. The predicted molar refractivity (Wildman–Crippen MR) is 152 cm³/mol. The fourth-order valence-electron chi connectivity index (χ4n) is 7.81. The lowest BCUT2D eigenvalue weighted by atomic mass is 9.55. The molecule has 40 heavy (non-hydrogen) atoms. The van der Waals surface area contributed by atoms with Gasteiger partial charge < -0.3 is 15.3 Å². The standard InChI is InChI=1S/C33H50F4O3/c1-22-24(20-25(38)21-27(22)34)12-11-23-10-7-18-31(5)26(23)13-14-28(31)30(4,16-8-15-29(2,3)39)17-9-19-32(6,40)33(35,36)37/h9,11-12,19,25-28,38-40H,1,7-8,10,13-18,20-21H2,2-6H3/b19-9-,23-11+,24-12-/t25-,26?,27+,28-,30-,31+,32?/m1/s1. The van der Waals surface area contributed by atoms with Crippen LogP contribution in [-0.2, 0) is 0 Å². The number of alkyl halides is 4. The van der Waals surface area contributed by atoms with Crippen molar-refractivity contribution < 1.29 is 32.9 Å². The van der Waals surface area contributed by atoms with Crippen LogP contribution in [0.15, 0.2) is 47.6 Å². The van der Waals surface area contributed by atoms with Crippen molar-refractivity contribution in [2.75, 3.05) is 0 Å². The molecular formula is C33H50F4O3. The molecule has 7 atom stereocenters. The molecule has 0 spiro atoms. The maximum atomic E-state index is 14.3. The average molecular weight is 571 g/mol. The molecule has 2 unspecified atom stereocenters. The lowest BCUT2D eigenvalue weighted by molar-refractivity contribution is -0.232. The molecule has 0 aromatic carbocycles. The highest BCUT2D eigenvalue weighted by Gasteiger charge is 2.55. The summed E-state index contributed by atoms with van der Waals surface area (Å²) in [4.78, 5) is 0. The third kappa shape index (κ3) is 7.49. The highest BCUT2D eigenvalue weighted by atomic mass is 19.4. The second-order valence-electron chi connectivity index (χ2n) is 14.1. The summed E-state index contributed by atoms with van der Waals surface area (Å²) in [5.41, 5.74) is -1.52. The van der Waals surface area contributed by atoms with Gasteiger partial charge in [0.15, 0.2) is 5.60 Å². The second-order valence-corrected chi connectivity index (χ2v) is 14.1. The number of fused-ring (bicyclic) bond motifs is 1. The fraction of sp³-hybridized carbons (Fsp3) is 0.758. The molecule has 3 fully saturated rings. The molecule has 7 heteroatoms. The van der Waals surface area contributed by atoms with Crippen LogP contribution in [-0.4, -0.2) is 45.0 Å². The van der Waals surface area contributed by atoms with E-state index in [0.29, 0.717) is 30.8 Å². The first-order valence-corrected chi connectivity index (χ1v) is 14.9. The molecule has 3 rings (SSSR count). The normalized spacial score (nSPS) is 35.2. The number of hydrogen-bond donors (Lipinski definition) is 3. The van der Waals surface area contributed by atoms with Gasteiger partial charge >= 0.3 is 6.18 Å². The lowest BCUT2D eigenvalue weighted by Gasteiger charge is -2.49. The van der Waals surface area contributed by atoms with E-state index in [1.165, 1.54) is 11.6 Å². The van der Waals surface area contributed by atoms with Gasteiger partial charge in [0, 0.05) is 6.42 Å². The minimum Gasteiger partial charge on any atom is -0.393 e. The Morgan fingerprint density at radius 2 is 1.73 bits per heavy atom. The Kier molecular flexibility index (Phi) is 9.96. The van der Waals surface area contributed by atoms with Crippen LogP contribution in [0.2, 0.25) is 0 Å². The van der Waals surface area contributed by atoms with Crippen molar-refractivity contribution in [2.45, 2.75) is 135 Å². The first kappa shape index (κ1) is 33.1. The van der Waals surface area contributed by atoms with Crippen molar-refractivity contribution in [3.63, 3.8) is 0 Å². The van der Waals surface area contributed by atoms with Gasteiger partial charge in [-0.3, -0.25) is 0 Å². The van der Waals surface area contributed by atoms with Gasteiger partial charge in [-0.25, -0.2) is 4.39 Å². The highest BCUT2D eigenvalue weighted by molar-refractivity contribution is 5.39. The quantitative estimate of drug-likeness (QED) is 0.193. The van der Waals surface area contributed by atoms with E-state index in [4.69, 9.17) is 0 Å². The number of rotatable bonds is 9. The van der Waals surface area contributed by atoms with E-state index >= 15 is 0 Å². The van der Waals surface area contributed by atoms with Crippen molar-refractivity contribution in [1.29, 1.82) is 0 Å². The first-order valence-electron chi connectivity index (χ1n) is 14.9. The summed E-state index contributed by atoms with van der Waals surface area (Å²) in [7, 11) is 0. The van der Waals surface area contributed by atoms with Crippen LogP contribution >= 0.6 is 0 Å². The van der Waals surface area contributed by atoms with E-state index in [2.05, 4.69) is 26.5 Å². The molecule has 0 radical (unpaired) electrons. The molecule has 0 bridgehead atoms. The molecule has 0 aliphatic heterocycles. The smallest absolute Gasteiger partial charge is 0.393 e. The van der Waals surface area contributed by atoms with E-state index in [1.54, 1.807) is 13.8 Å². The topological polar surface area (TPSA) is 60.7 Å². The molecular weight excluding hydrogens is 520 g/mol. The number of allylic oxidation sites excluding steroid dienone is 5. The molecule has 0 saturated heterocycles. The third-order valence-corrected chi connectivity index (χ3v) is 10.2. The Labute approximate surface area is 238 Å². The van der Waals surface area contributed by atoms with Gasteiger partial charge in [0.1, 0.15) is 6.17 Å². The number of aliphatic hydroxyl groups is 3. The monoisotopic (exact) mass is 570 g/mol. The van der Waals surface area contributed by atoms with Gasteiger partial charge in [0.25, 0.3) is 0 Å². The van der Waals surface area contributed by atoms with Crippen LogP contribution in [0.25, 0.3) is 0 Å². The second kappa shape index (κ2) is 12.0. The van der Waals surface area contributed by atoms with Gasteiger partial charge in [-0.05, 0) is 118 Å². The van der Waals surface area contributed by atoms with Gasteiger partial charge in [-0.2, -0.15) is 13.2 Å². The molecule has 0 amide bonds. The highest BCUT2D eigenvalue weighted by Crippen LogP contribution is 2.63. The van der Waals surface area contributed by atoms with Crippen LogP contribution in [0.1, 0.15) is 105 Å². The maximum absolute atomic E-state index is 14.3. The van der Waals surface area contributed by atoms with Crippen LogP contribution < -0.4 is 0 Å². The Balaban J connectivity index is 1.88. The zero-order valence-electron chi connectivity index (χ0n) is 25.0. The van der Waals surface area contributed by atoms with Gasteiger partial charge in [0.2, 0.25) is 0 Å². The van der Waals surface area contributed by atoms with Crippen molar-refractivity contribution in [3.05, 3.63) is 47.6 Å². The molecule has 0 aromatic rings. The average Bonchev–Trinajstić information content (AvgIpc) is 3.17. The summed E-state index contributed by atoms with van der Waals surface area (Å²) < 4.78 is 54.2. The summed E-state index contributed by atoms with van der Waals surface area (Å²) in [5.74, 6) is 0.576. The van der Waals surface area contributed by atoms with E-state index in [0.717, 1.165) is 63.5 Å². The largest absolute Gasteiger partial charge is 0.420 e. The molecule has 3 aliphatic carbocycles. The zero-order chi connectivity index (χ0) is 30.1. The van der Waals surface area contributed by atoms with Crippen LogP contribution in [0.5, 0.6) is 0 Å². The molecule has 0 aromatic heterocycles. The van der Waals surface area contributed by atoms with Gasteiger partial charge in [-0.1, -0.05) is 50.6 Å². The van der Waals surface area contributed by atoms with Crippen LogP contribution in [0, 0.1) is 22.7 Å². The van der Waals surface area contributed by atoms with E-state index in [9.17, 15) is 32.9 Å². The lowest BCUT2D eigenvalue weighted by Crippen LogP contribution is -2.42. The van der Waals surface area contributed by atoms with Crippen LogP contribution in [0.4, 0.5) is 17.6 Å². The predicted octanol–water partition coefficient (Wildman–Crippen LogP) is 8.31. The summed E-state index contributed by atoms with van der Waals surface area (Å²) in [6.07, 6.45) is 7.73. The Bertz CT molecular complexity index is 1000. The number of hydrogen-bond acceptors (Lipinski definition) is 3. The molecule has 3 saturated carbocycles. The molecule has 3 N–H and O–H groups in total.